The van der Waals surface area contributed by atoms with E-state index >= 15 is 0 Å². The van der Waals surface area contributed by atoms with Gasteiger partial charge in [0.1, 0.15) is 0 Å². The molecule has 0 amide bonds. The van der Waals surface area contributed by atoms with E-state index in [1.165, 1.54) is 0 Å². The van der Waals surface area contributed by atoms with Gasteiger partial charge in [0.25, 0.3) is 0 Å². The van der Waals surface area contributed by atoms with Crippen LogP contribution in [0, 0.1) is 5.92 Å². The van der Waals surface area contributed by atoms with Crippen molar-refractivity contribution in [3.05, 3.63) is 35.9 Å². The van der Waals surface area contributed by atoms with Crippen LogP contribution in [-0.2, 0) is 4.79 Å². The third kappa shape index (κ3) is 2.49. The molecule has 2 nitrogen and oxygen atoms in total. The monoisotopic (exact) mass is 196 g/mol. The lowest BCUT2D eigenvalue weighted by molar-refractivity contribution is -0.141. The second-order valence-electron chi connectivity index (χ2n) is 2.98. The number of rotatable bonds is 3. The van der Waals surface area contributed by atoms with Crippen molar-refractivity contribution in [3.8, 4) is 0 Å². The number of carboxylic acids is 1. The second kappa shape index (κ2) is 4.33. The fourth-order valence-corrected chi connectivity index (χ4v) is 1.37. The lowest BCUT2D eigenvalue weighted by atomic mass is 10.0. The van der Waals surface area contributed by atoms with Gasteiger partial charge < -0.3 is 5.11 Å². The minimum absolute atomic E-state index is 0.237. The summed E-state index contributed by atoms with van der Waals surface area (Å²) >= 11 is 4.27. The van der Waals surface area contributed by atoms with E-state index in [4.69, 9.17) is 5.11 Å². The summed E-state index contributed by atoms with van der Waals surface area (Å²) in [5, 5.41) is 8.53. The van der Waals surface area contributed by atoms with Gasteiger partial charge in [0.05, 0.1) is 5.92 Å². The molecule has 0 aliphatic heterocycles. The first-order valence-electron chi connectivity index (χ1n) is 4.08. The van der Waals surface area contributed by atoms with Crippen molar-refractivity contribution in [1.82, 2.24) is 0 Å². The van der Waals surface area contributed by atoms with E-state index in [1.54, 1.807) is 6.92 Å². The second-order valence-corrected chi connectivity index (χ2v) is 3.54. The third-order valence-electron chi connectivity index (χ3n) is 2.00. The molecule has 0 saturated carbocycles. The van der Waals surface area contributed by atoms with Crippen molar-refractivity contribution in [2.24, 2.45) is 5.92 Å². The summed E-state index contributed by atoms with van der Waals surface area (Å²) in [5.74, 6) is -1.28. The zero-order valence-corrected chi connectivity index (χ0v) is 8.24. The highest BCUT2D eigenvalue weighted by molar-refractivity contribution is 7.80. The average Bonchev–Trinajstić information content (AvgIpc) is 2.17. The number of hydrogen-bond donors (Lipinski definition) is 2. The van der Waals surface area contributed by atoms with Crippen LogP contribution in [0.2, 0.25) is 0 Å². The number of aliphatic carboxylic acids is 1. The molecule has 1 N–H and O–H groups in total. The van der Waals surface area contributed by atoms with Crippen LogP contribution in [0.3, 0.4) is 0 Å². The fourth-order valence-electron chi connectivity index (χ4n) is 1.07. The Morgan fingerprint density at radius 2 is 1.92 bits per heavy atom. The molecule has 13 heavy (non-hydrogen) atoms. The van der Waals surface area contributed by atoms with Crippen molar-refractivity contribution in [3.63, 3.8) is 0 Å². The van der Waals surface area contributed by atoms with Crippen LogP contribution in [-0.4, -0.2) is 11.1 Å². The van der Waals surface area contributed by atoms with Crippen LogP contribution in [0.5, 0.6) is 0 Å². The molecule has 1 aromatic rings. The number of thiol groups is 1. The molecule has 0 saturated heterocycles. The highest BCUT2D eigenvalue weighted by atomic mass is 32.1. The van der Waals surface area contributed by atoms with Gasteiger partial charge in [0.15, 0.2) is 0 Å². The van der Waals surface area contributed by atoms with Crippen LogP contribution in [0.25, 0.3) is 0 Å². The maximum atomic E-state index is 10.7. The van der Waals surface area contributed by atoms with Crippen LogP contribution in [0.1, 0.15) is 17.7 Å². The molecule has 1 aromatic carbocycles. The molecule has 0 radical (unpaired) electrons. The smallest absolute Gasteiger partial charge is 0.307 e. The van der Waals surface area contributed by atoms with E-state index in [0.29, 0.717) is 0 Å². The molecular formula is C10H12O2S. The van der Waals surface area contributed by atoms with Crippen LogP contribution in [0.4, 0.5) is 0 Å². The zero-order valence-electron chi connectivity index (χ0n) is 7.34. The van der Waals surface area contributed by atoms with E-state index in [0.717, 1.165) is 5.56 Å². The van der Waals surface area contributed by atoms with Crippen LogP contribution in [0.15, 0.2) is 30.3 Å². The maximum Gasteiger partial charge on any atom is 0.307 e. The summed E-state index contributed by atoms with van der Waals surface area (Å²) in [4.78, 5) is 10.7. The third-order valence-corrected chi connectivity index (χ3v) is 2.75. The minimum Gasteiger partial charge on any atom is -0.481 e. The van der Waals surface area contributed by atoms with Gasteiger partial charge in [-0.2, -0.15) is 12.6 Å². The molecule has 0 heterocycles. The summed E-state index contributed by atoms with van der Waals surface area (Å²) < 4.78 is 0. The first kappa shape index (κ1) is 10.1. The number of hydrogen-bond acceptors (Lipinski definition) is 2. The zero-order chi connectivity index (χ0) is 9.84. The molecule has 0 fully saturated rings. The summed E-state index contributed by atoms with van der Waals surface area (Å²) in [7, 11) is 0. The molecule has 70 valence electrons. The van der Waals surface area contributed by atoms with E-state index in [1.807, 2.05) is 30.3 Å². The Hall–Kier alpha value is -0.960. The summed E-state index contributed by atoms with van der Waals surface area (Å²) in [6.07, 6.45) is 0. The van der Waals surface area contributed by atoms with Gasteiger partial charge in [-0.25, -0.2) is 0 Å². The standard InChI is InChI=1S/C10H12O2S/c1-7(10(11)12)9(13)8-5-3-2-4-6-8/h2-7,9,13H,1H3,(H,11,12). The Balaban J connectivity index is 2.79. The van der Waals surface area contributed by atoms with E-state index < -0.39 is 11.9 Å². The molecule has 0 spiro atoms. The largest absolute Gasteiger partial charge is 0.481 e. The van der Waals surface area contributed by atoms with Crippen molar-refractivity contribution in [2.45, 2.75) is 12.2 Å². The Kier molecular flexibility index (Phi) is 3.37. The van der Waals surface area contributed by atoms with Gasteiger partial charge in [-0.3, -0.25) is 4.79 Å². The molecule has 0 aliphatic rings. The Bertz CT molecular complexity index is 284. The lowest BCUT2D eigenvalue weighted by Crippen LogP contribution is -2.15. The molecule has 2 unspecified atom stereocenters. The van der Waals surface area contributed by atoms with Crippen molar-refractivity contribution >= 4 is 18.6 Å². The first-order chi connectivity index (χ1) is 6.13. The number of carboxylic acid groups (broad SMARTS) is 1. The van der Waals surface area contributed by atoms with Gasteiger partial charge in [-0.15, -0.1) is 0 Å². The minimum atomic E-state index is -0.816. The van der Waals surface area contributed by atoms with Crippen LogP contribution < -0.4 is 0 Å². The SMILES string of the molecule is CC(C(=O)O)C(S)c1ccccc1. The van der Waals surface area contributed by atoms with Crippen molar-refractivity contribution in [2.75, 3.05) is 0 Å². The van der Waals surface area contributed by atoms with Gasteiger partial charge in [0, 0.05) is 5.25 Å². The Labute approximate surface area is 83.0 Å². The molecular weight excluding hydrogens is 184 g/mol. The van der Waals surface area contributed by atoms with Gasteiger partial charge in [0.2, 0.25) is 0 Å². The van der Waals surface area contributed by atoms with Gasteiger partial charge in [-0.05, 0) is 5.56 Å². The molecule has 3 heteroatoms. The van der Waals surface area contributed by atoms with E-state index in [9.17, 15) is 4.79 Å². The quantitative estimate of drug-likeness (QED) is 0.728. The molecule has 0 aliphatic carbocycles. The summed E-state index contributed by atoms with van der Waals surface area (Å²) in [6.45, 7) is 1.66. The average molecular weight is 196 g/mol. The maximum absolute atomic E-state index is 10.7. The summed E-state index contributed by atoms with van der Waals surface area (Å²) in [6, 6.07) is 9.43. The predicted octanol–water partition coefficient (Wildman–Crippen LogP) is 2.38. The van der Waals surface area contributed by atoms with Crippen molar-refractivity contribution < 1.29 is 9.90 Å². The predicted molar refractivity (Wildman–Crippen MR) is 55.0 cm³/mol. The van der Waals surface area contributed by atoms with Crippen molar-refractivity contribution in [1.29, 1.82) is 0 Å². The molecule has 1 rings (SSSR count). The fraction of sp³-hybridized carbons (Fsp3) is 0.300. The number of benzene rings is 1. The Morgan fingerprint density at radius 1 is 1.38 bits per heavy atom. The lowest BCUT2D eigenvalue weighted by Gasteiger charge is -2.14. The normalized spacial score (nSPS) is 14.9. The highest BCUT2D eigenvalue weighted by Gasteiger charge is 2.21. The highest BCUT2D eigenvalue weighted by Crippen LogP contribution is 2.27. The van der Waals surface area contributed by atoms with E-state index in [2.05, 4.69) is 12.6 Å². The topological polar surface area (TPSA) is 37.3 Å². The Morgan fingerprint density at radius 3 is 2.38 bits per heavy atom. The molecule has 0 aromatic heterocycles. The van der Waals surface area contributed by atoms with E-state index in [-0.39, 0.29) is 5.25 Å². The summed E-state index contributed by atoms with van der Waals surface area (Å²) in [5.41, 5.74) is 0.945. The first-order valence-corrected chi connectivity index (χ1v) is 4.60. The van der Waals surface area contributed by atoms with Crippen LogP contribution >= 0.6 is 12.6 Å². The molecule has 2 atom stereocenters. The molecule has 0 bridgehead atoms. The number of carbonyl (C=O) groups is 1. The van der Waals surface area contributed by atoms with Gasteiger partial charge in [-0.1, -0.05) is 37.3 Å². The van der Waals surface area contributed by atoms with Gasteiger partial charge >= 0.3 is 5.97 Å².